The van der Waals surface area contributed by atoms with Gasteiger partial charge in [0.25, 0.3) is 0 Å². The molecule has 0 aliphatic carbocycles. The second-order valence-electron chi connectivity index (χ2n) is 13.2. The summed E-state index contributed by atoms with van der Waals surface area (Å²) in [7, 11) is 0. The minimum absolute atomic E-state index is 1.23. The number of hydrogen-bond donors (Lipinski definition) is 0. The summed E-state index contributed by atoms with van der Waals surface area (Å²) in [6.45, 7) is 0. The Labute approximate surface area is 291 Å². The Balaban J connectivity index is 1.22. The van der Waals surface area contributed by atoms with Crippen molar-refractivity contribution in [2.45, 2.75) is 0 Å². The number of hydrogen-bond acceptors (Lipinski definition) is 0. The van der Waals surface area contributed by atoms with E-state index in [4.69, 9.17) is 0 Å². The highest BCUT2D eigenvalue weighted by Gasteiger charge is 2.19. The molecule has 0 spiro atoms. The van der Waals surface area contributed by atoms with Gasteiger partial charge in [0.2, 0.25) is 0 Å². The highest BCUT2D eigenvalue weighted by Crippen LogP contribution is 2.47. The van der Waals surface area contributed by atoms with Crippen LogP contribution in [-0.4, -0.2) is 0 Å². The summed E-state index contributed by atoms with van der Waals surface area (Å²) in [5.41, 5.74) is 10.0. The molecule has 0 bridgehead atoms. The Morgan fingerprint density at radius 1 is 0.200 bits per heavy atom. The molecule has 10 aromatic carbocycles. The van der Waals surface area contributed by atoms with E-state index < -0.39 is 0 Å². The molecule has 0 heteroatoms. The molecule has 0 fully saturated rings. The third-order valence-corrected chi connectivity index (χ3v) is 10.5. The summed E-state index contributed by atoms with van der Waals surface area (Å²) in [6, 6.07) is 71.3. The van der Waals surface area contributed by atoms with E-state index >= 15 is 0 Å². The minimum Gasteiger partial charge on any atom is -0.0622 e. The molecule has 0 nitrogen and oxygen atoms in total. The average molecular weight is 633 g/mol. The second-order valence-corrected chi connectivity index (χ2v) is 13.2. The summed E-state index contributed by atoms with van der Waals surface area (Å²) >= 11 is 0. The van der Waals surface area contributed by atoms with Crippen molar-refractivity contribution in [2.75, 3.05) is 0 Å². The maximum absolute atomic E-state index is 2.39. The molecular formula is C50H32. The molecule has 0 unspecified atom stereocenters. The van der Waals surface area contributed by atoms with Gasteiger partial charge in [-0.3, -0.25) is 0 Å². The molecule has 232 valence electrons. The standard InChI is InChI=1S/C50H32/c1-2-14-33(15-3-1)39-30-31-48(42-21-7-6-20-40(39)42)50-46-24-10-8-22-44(46)49(45-23-9-11-25-47(45)50)36-18-12-17-35(32-36)38-26-13-27-41-37-19-5-4-16-34(37)28-29-43(38)41/h1-32H. The Hall–Kier alpha value is -6.50. The van der Waals surface area contributed by atoms with Crippen LogP contribution in [-0.2, 0) is 0 Å². The zero-order valence-electron chi connectivity index (χ0n) is 27.5. The number of fused-ring (bicyclic) bond motifs is 6. The van der Waals surface area contributed by atoms with E-state index in [1.54, 1.807) is 0 Å². The fraction of sp³-hybridized carbons (Fsp3) is 0. The molecule has 0 amide bonds. The summed E-state index contributed by atoms with van der Waals surface area (Å²) in [6.07, 6.45) is 0. The van der Waals surface area contributed by atoms with Crippen LogP contribution in [0.2, 0.25) is 0 Å². The lowest BCUT2D eigenvalue weighted by atomic mass is 9.83. The van der Waals surface area contributed by atoms with Gasteiger partial charge in [0, 0.05) is 0 Å². The zero-order valence-corrected chi connectivity index (χ0v) is 27.5. The van der Waals surface area contributed by atoms with E-state index in [2.05, 4.69) is 194 Å². The summed E-state index contributed by atoms with van der Waals surface area (Å²) in [5.74, 6) is 0. The molecule has 0 N–H and O–H groups in total. The van der Waals surface area contributed by atoms with Gasteiger partial charge in [0.1, 0.15) is 0 Å². The molecule has 10 aromatic rings. The van der Waals surface area contributed by atoms with Gasteiger partial charge in [-0.15, -0.1) is 0 Å². The molecular weight excluding hydrogens is 601 g/mol. The van der Waals surface area contributed by atoms with Crippen molar-refractivity contribution in [1.29, 1.82) is 0 Å². The molecule has 0 atom stereocenters. The van der Waals surface area contributed by atoms with Gasteiger partial charge < -0.3 is 0 Å². The quantitative estimate of drug-likeness (QED) is 0.134. The van der Waals surface area contributed by atoms with Gasteiger partial charge in [-0.1, -0.05) is 188 Å². The van der Waals surface area contributed by atoms with Crippen LogP contribution in [0.4, 0.5) is 0 Å². The van der Waals surface area contributed by atoms with Crippen LogP contribution < -0.4 is 0 Å². The Morgan fingerprint density at radius 3 is 1.38 bits per heavy atom. The average Bonchev–Trinajstić information content (AvgIpc) is 3.19. The van der Waals surface area contributed by atoms with E-state index in [9.17, 15) is 0 Å². The van der Waals surface area contributed by atoms with Crippen LogP contribution in [0.1, 0.15) is 0 Å². The van der Waals surface area contributed by atoms with Crippen molar-refractivity contribution in [3.8, 4) is 44.5 Å². The summed E-state index contributed by atoms with van der Waals surface area (Å²) in [5, 5.41) is 12.7. The van der Waals surface area contributed by atoms with Crippen LogP contribution in [0.15, 0.2) is 194 Å². The van der Waals surface area contributed by atoms with Crippen LogP contribution in [0, 0.1) is 0 Å². The third kappa shape index (κ3) is 4.46. The van der Waals surface area contributed by atoms with Crippen molar-refractivity contribution < 1.29 is 0 Å². The molecule has 50 heavy (non-hydrogen) atoms. The Kier molecular flexibility index (Phi) is 6.60. The first-order chi connectivity index (χ1) is 24.8. The molecule has 0 aliphatic rings. The molecule has 0 saturated carbocycles. The molecule has 0 saturated heterocycles. The lowest BCUT2D eigenvalue weighted by molar-refractivity contribution is 1.63. The van der Waals surface area contributed by atoms with Crippen LogP contribution in [0.5, 0.6) is 0 Å². The van der Waals surface area contributed by atoms with Gasteiger partial charge in [0.05, 0.1) is 0 Å². The predicted molar refractivity (Wildman–Crippen MR) is 216 cm³/mol. The maximum atomic E-state index is 2.39. The molecule has 0 aliphatic heterocycles. The third-order valence-electron chi connectivity index (χ3n) is 10.5. The first-order valence-electron chi connectivity index (χ1n) is 17.4. The van der Waals surface area contributed by atoms with Crippen molar-refractivity contribution >= 4 is 53.9 Å². The summed E-state index contributed by atoms with van der Waals surface area (Å²) in [4.78, 5) is 0. The van der Waals surface area contributed by atoms with E-state index in [1.165, 1.54) is 98.4 Å². The maximum Gasteiger partial charge on any atom is -0.00201 e. The van der Waals surface area contributed by atoms with Crippen molar-refractivity contribution in [3.63, 3.8) is 0 Å². The fourth-order valence-corrected chi connectivity index (χ4v) is 8.25. The monoisotopic (exact) mass is 632 g/mol. The van der Waals surface area contributed by atoms with Gasteiger partial charge in [0.15, 0.2) is 0 Å². The smallest absolute Gasteiger partial charge is 0.00201 e. The number of rotatable bonds is 4. The highest BCUT2D eigenvalue weighted by molar-refractivity contribution is 6.24. The topological polar surface area (TPSA) is 0 Å². The van der Waals surface area contributed by atoms with E-state index in [0.717, 1.165) is 0 Å². The van der Waals surface area contributed by atoms with E-state index in [1.807, 2.05) is 0 Å². The lowest BCUT2D eigenvalue weighted by Gasteiger charge is -2.20. The molecule has 0 radical (unpaired) electrons. The lowest BCUT2D eigenvalue weighted by Crippen LogP contribution is -1.93. The van der Waals surface area contributed by atoms with Crippen LogP contribution in [0.25, 0.3) is 98.4 Å². The fourth-order valence-electron chi connectivity index (χ4n) is 8.25. The molecule has 0 aromatic heterocycles. The second kappa shape index (κ2) is 11.6. The summed E-state index contributed by atoms with van der Waals surface area (Å²) < 4.78 is 0. The van der Waals surface area contributed by atoms with Crippen LogP contribution >= 0.6 is 0 Å². The van der Waals surface area contributed by atoms with Crippen molar-refractivity contribution in [2.24, 2.45) is 0 Å². The van der Waals surface area contributed by atoms with Gasteiger partial charge in [-0.05, 0) is 104 Å². The first kappa shape index (κ1) is 28.5. The predicted octanol–water partition coefficient (Wildman–Crippen LogP) is 14.1. The van der Waals surface area contributed by atoms with Gasteiger partial charge in [-0.25, -0.2) is 0 Å². The Bertz CT molecular complexity index is 2860. The van der Waals surface area contributed by atoms with Gasteiger partial charge >= 0.3 is 0 Å². The largest absolute Gasteiger partial charge is 0.0622 e. The van der Waals surface area contributed by atoms with Crippen molar-refractivity contribution in [1.82, 2.24) is 0 Å². The minimum atomic E-state index is 1.23. The first-order valence-corrected chi connectivity index (χ1v) is 17.4. The van der Waals surface area contributed by atoms with E-state index in [-0.39, 0.29) is 0 Å². The highest BCUT2D eigenvalue weighted by atomic mass is 14.2. The molecule has 10 rings (SSSR count). The SMILES string of the molecule is c1ccc(-c2ccc(-c3c4ccccc4c(-c4cccc(-c5cccc6c5ccc5ccccc56)c4)c4ccccc34)c3ccccc23)cc1. The van der Waals surface area contributed by atoms with Gasteiger partial charge in [-0.2, -0.15) is 0 Å². The van der Waals surface area contributed by atoms with Crippen molar-refractivity contribution in [3.05, 3.63) is 194 Å². The van der Waals surface area contributed by atoms with E-state index in [0.29, 0.717) is 0 Å². The van der Waals surface area contributed by atoms with Crippen LogP contribution in [0.3, 0.4) is 0 Å². The number of benzene rings is 10. The zero-order chi connectivity index (χ0) is 33.0. The Morgan fingerprint density at radius 2 is 0.660 bits per heavy atom. The normalized spacial score (nSPS) is 11.6. The molecule has 0 heterocycles.